The van der Waals surface area contributed by atoms with Crippen molar-refractivity contribution in [3.05, 3.63) is 41.0 Å². The van der Waals surface area contributed by atoms with Crippen LogP contribution in [0.5, 0.6) is 0 Å². The van der Waals surface area contributed by atoms with E-state index in [0.29, 0.717) is 6.04 Å². The Balaban J connectivity index is 1.91. The Morgan fingerprint density at radius 1 is 1.35 bits per heavy atom. The minimum absolute atomic E-state index is 0.657. The van der Waals surface area contributed by atoms with Crippen LogP contribution in [0.15, 0.2) is 30.5 Å². The third-order valence-corrected chi connectivity index (χ3v) is 4.29. The van der Waals surface area contributed by atoms with Gasteiger partial charge in [-0.15, -0.1) is 0 Å². The Kier molecular flexibility index (Phi) is 4.20. The molecule has 1 aromatic heterocycles. The minimum atomic E-state index is 0.657. The maximum atomic E-state index is 6.26. The molecule has 3 nitrogen and oxygen atoms in total. The summed E-state index contributed by atoms with van der Waals surface area (Å²) in [6.07, 6.45) is 3.02. The van der Waals surface area contributed by atoms with Crippen LogP contribution in [0, 0.1) is 0 Å². The fraction of sp³-hybridized carbons (Fsp3) is 0.438. The van der Waals surface area contributed by atoms with Crippen LogP contribution >= 0.6 is 11.6 Å². The largest absolute Gasteiger partial charge is 0.314 e. The van der Waals surface area contributed by atoms with E-state index in [1.54, 1.807) is 0 Å². The van der Waals surface area contributed by atoms with Crippen molar-refractivity contribution in [2.75, 3.05) is 19.6 Å². The SMILES string of the molecule is CCCN(Cc1ccc(Cl)c2cccnc12)C1CNC1. The molecule has 0 spiro atoms. The number of pyridine rings is 1. The average Bonchev–Trinajstić information content (AvgIpc) is 2.40. The highest BCUT2D eigenvalue weighted by atomic mass is 35.5. The van der Waals surface area contributed by atoms with Gasteiger partial charge in [0.1, 0.15) is 0 Å². The second kappa shape index (κ2) is 6.08. The summed E-state index contributed by atoms with van der Waals surface area (Å²) in [5, 5.41) is 5.19. The number of halogens is 1. The van der Waals surface area contributed by atoms with Gasteiger partial charge in [-0.25, -0.2) is 0 Å². The van der Waals surface area contributed by atoms with Gasteiger partial charge in [0.05, 0.1) is 5.52 Å². The zero-order valence-corrected chi connectivity index (χ0v) is 12.5. The zero-order valence-electron chi connectivity index (χ0n) is 11.8. The van der Waals surface area contributed by atoms with Gasteiger partial charge >= 0.3 is 0 Å². The van der Waals surface area contributed by atoms with Gasteiger partial charge in [-0.2, -0.15) is 0 Å². The van der Waals surface area contributed by atoms with Crippen molar-refractivity contribution in [1.29, 1.82) is 0 Å². The lowest BCUT2D eigenvalue weighted by molar-refractivity contribution is 0.138. The van der Waals surface area contributed by atoms with E-state index in [2.05, 4.69) is 28.2 Å². The van der Waals surface area contributed by atoms with Crippen molar-refractivity contribution in [2.24, 2.45) is 0 Å². The van der Waals surface area contributed by atoms with Crippen molar-refractivity contribution in [2.45, 2.75) is 25.9 Å². The van der Waals surface area contributed by atoms with Gasteiger partial charge in [0.2, 0.25) is 0 Å². The minimum Gasteiger partial charge on any atom is -0.314 e. The first kappa shape index (κ1) is 13.8. The van der Waals surface area contributed by atoms with E-state index in [0.717, 1.165) is 42.1 Å². The summed E-state index contributed by atoms with van der Waals surface area (Å²) in [6, 6.07) is 8.75. The molecule has 0 bridgehead atoms. The molecule has 0 aliphatic carbocycles. The van der Waals surface area contributed by atoms with Crippen molar-refractivity contribution in [3.63, 3.8) is 0 Å². The van der Waals surface area contributed by atoms with Crippen LogP contribution in [0.3, 0.4) is 0 Å². The Morgan fingerprint density at radius 2 is 2.20 bits per heavy atom. The van der Waals surface area contributed by atoms with E-state index in [1.807, 2.05) is 24.4 Å². The Labute approximate surface area is 124 Å². The summed E-state index contributed by atoms with van der Waals surface area (Å²) in [5.41, 5.74) is 2.30. The molecule has 1 N–H and O–H groups in total. The topological polar surface area (TPSA) is 28.2 Å². The highest BCUT2D eigenvalue weighted by Crippen LogP contribution is 2.26. The molecule has 20 heavy (non-hydrogen) atoms. The predicted octanol–water partition coefficient (Wildman–Crippen LogP) is 3.07. The van der Waals surface area contributed by atoms with Crippen LogP contribution in [0.2, 0.25) is 5.02 Å². The number of aromatic nitrogens is 1. The molecule has 0 amide bonds. The predicted molar refractivity (Wildman–Crippen MR) is 84.1 cm³/mol. The van der Waals surface area contributed by atoms with Crippen molar-refractivity contribution >= 4 is 22.5 Å². The third-order valence-electron chi connectivity index (χ3n) is 3.96. The number of fused-ring (bicyclic) bond motifs is 1. The van der Waals surface area contributed by atoms with E-state index >= 15 is 0 Å². The van der Waals surface area contributed by atoms with Gasteiger partial charge in [0.15, 0.2) is 0 Å². The zero-order chi connectivity index (χ0) is 13.9. The van der Waals surface area contributed by atoms with Crippen molar-refractivity contribution in [1.82, 2.24) is 15.2 Å². The summed E-state index contributed by atoms with van der Waals surface area (Å²) in [7, 11) is 0. The van der Waals surface area contributed by atoms with Crippen LogP contribution in [-0.2, 0) is 6.54 Å². The van der Waals surface area contributed by atoms with Gasteiger partial charge < -0.3 is 5.32 Å². The Bertz CT molecular complexity index is 595. The molecule has 1 saturated heterocycles. The molecule has 1 aliphatic heterocycles. The highest BCUT2D eigenvalue weighted by molar-refractivity contribution is 6.35. The third kappa shape index (κ3) is 2.66. The lowest BCUT2D eigenvalue weighted by atomic mass is 10.1. The number of rotatable bonds is 5. The first-order chi connectivity index (χ1) is 9.79. The monoisotopic (exact) mass is 289 g/mol. The lowest BCUT2D eigenvalue weighted by Gasteiger charge is -2.38. The summed E-state index contributed by atoms with van der Waals surface area (Å²) >= 11 is 6.26. The normalized spacial score (nSPS) is 15.8. The molecule has 1 fully saturated rings. The molecule has 3 rings (SSSR count). The molecule has 106 valence electrons. The van der Waals surface area contributed by atoms with Gasteiger partial charge in [0.25, 0.3) is 0 Å². The number of benzene rings is 1. The van der Waals surface area contributed by atoms with Crippen LogP contribution in [0.25, 0.3) is 10.9 Å². The summed E-state index contributed by atoms with van der Waals surface area (Å²) in [5.74, 6) is 0. The number of hydrogen-bond acceptors (Lipinski definition) is 3. The number of hydrogen-bond donors (Lipinski definition) is 1. The first-order valence-electron chi connectivity index (χ1n) is 7.26. The molecule has 2 aromatic rings. The first-order valence-corrected chi connectivity index (χ1v) is 7.64. The molecule has 0 saturated carbocycles. The number of nitrogens with one attached hydrogen (secondary N) is 1. The van der Waals surface area contributed by atoms with Gasteiger partial charge in [-0.05, 0) is 36.7 Å². The molecule has 2 heterocycles. The van der Waals surface area contributed by atoms with E-state index < -0.39 is 0 Å². The van der Waals surface area contributed by atoms with E-state index in [9.17, 15) is 0 Å². The van der Waals surface area contributed by atoms with Crippen LogP contribution in [0.1, 0.15) is 18.9 Å². The average molecular weight is 290 g/mol. The standard InChI is InChI=1S/C16H20ClN3/c1-2-8-20(13-9-18-10-13)11-12-5-6-15(17)14-4-3-7-19-16(12)14/h3-7,13,18H,2,8-11H2,1H3. The van der Waals surface area contributed by atoms with Gasteiger partial charge in [-0.1, -0.05) is 24.6 Å². The van der Waals surface area contributed by atoms with E-state index in [-0.39, 0.29) is 0 Å². The molecule has 0 atom stereocenters. The van der Waals surface area contributed by atoms with E-state index in [4.69, 9.17) is 11.6 Å². The van der Waals surface area contributed by atoms with Gasteiger partial charge in [0, 0.05) is 42.3 Å². The van der Waals surface area contributed by atoms with E-state index in [1.165, 1.54) is 12.0 Å². The van der Waals surface area contributed by atoms with Crippen molar-refractivity contribution < 1.29 is 0 Å². The molecule has 4 heteroatoms. The molecule has 1 aliphatic rings. The fourth-order valence-corrected chi connectivity index (χ4v) is 2.97. The molecule has 0 unspecified atom stereocenters. The molecule has 0 radical (unpaired) electrons. The Morgan fingerprint density at radius 3 is 2.90 bits per heavy atom. The Hall–Kier alpha value is -1.16. The highest BCUT2D eigenvalue weighted by Gasteiger charge is 2.24. The molecular weight excluding hydrogens is 270 g/mol. The summed E-state index contributed by atoms with van der Waals surface area (Å²) in [4.78, 5) is 7.08. The fourth-order valence-electron chi connectivity index (χ4n) is 2.75. The summed E-state index contributed by atoms with van der Waals surface area (Å²) in [6.45, 7) is 6.50. The second-order valence-corrected chi connectivity index (χ2v) is 5.80. The molecule has 1 aromatic carbocycles. The van der Waals surface area contributed by atoms with Crippen LogP contribution in [-0.4, -0.2) is 35.6 Å². The summed E-state index contributed by atoms with van der Waals surface area (Å²) < 4.78 is 0. The number of nitrogens with zero attached hydrogens (tertiary/aromatic N) is 2. The van der Waals surface area contributed by atoms with Crippen molar-refractivity contribution in [3.8, 4) is 0 Å². The molecular formula is C16H20ClN3. The smallest absolute Gasteiger partial charge is 0.0761 e. The maximum absolute atomic E-state index is 6.26. The lowest BCUT2D eigenvalue weighted by Crippen LogP contribution is -2.56. The van der Waals surface area contributed by atoms with Crippen LogP contribution < -0.4 is 5.32 Å². The maximum Gasteiger partial charge on any atom is 0.0761 e. The van der Waals surface area contributed by atoms with Crippen LogP contribution in [0.4, 0.5) is 0 Å². The second-order valence-electron chi connectivity index (χ2n) is 5.39. The quantitative estimate of drug-likeness (QED) is 0.917. The van der Waals surface area contributed by atoms with Gasteiger partial charge in [-0.3, -0.25) is 9.88 Å².